The number of benzene rings is 2. The van der Waals surface area contributed by atoms with E-state index in [-0.39, 0.29) is 31.7 Å². The van der Waals surface area contributed by atoms with Gasteiger partial charge in [0, 0.05) is 29.2 Å². The van der Waals surface area contributed by atoms with Crippen molar-refractivity contribution in [1.82, 2.24) is 30.4 Å². The van der Waals surface area contributed by atoms with Crippen LogP contribution >= 0.6 is 0 Å². The molecule has 10 nitrogen and oxygen atoms in total. The summed E-state index contributed by atoms with van der Waals surface area (Å²) in [5.74, 6) is -3.22. The summed E-state index contributed by atoms with van der Waals surface area (Å²) in [4.78, 5) is 29.9. The summed E-state index contributed by atoms with van der Waals surface area (Å²) in [5.41, 5.74) is 4.00. The molecule has 1 saturated heterocycles. The lowest BCUT2D eigenvalue weighted by atomic mass is 10.0. The lowest BCUT2D eigenvalue weighted by Crippen LogP contribution is -2.43. The molecule has 1 aliphatic rings. The fraction of sp³-hybridized carbons (Fsp3) is 0.280. The average molecular weight is 511 g/mol. The molecule has 192 valence electrons. The van der Waals surface area contributed by atoms with Crippen molar-refractivity contribution in [3.8, 4) is 0 Å². The monoisotopic (exact) mass is 510 g/mol. The summed E-state index contributed by atoms with van der Waals surface area (Å²) in [7, 11) is 0. The number of halogens is 2. The molecule has 4 aromatic rings. The zero-order chi connectivity index (χ0) is 25.9. The predicted octanol–water partition coefficient (Wildman–Crippen LogP) is 2.93. The Morgan fingerprint density at radius 3 is 2.86 bits per heavy atom. The minimum absolute atomic E-state index is 0.00928. The maximum atomic E-state index is 13.8. The molecule has 2 amide bonds. The molecule has 3 N–H and O–H groups in total. The van der Waals surface area contributed by atoms with Crippen molar-refractivity contribution in [2.75, 3.05) is 19.8 Å². The van der Waals surface area contributed by atoms with Crippen molar-refractivity contribution in [3.05, 3.63) is 83.3 Å². The number of aromatic nitrogens is 4. The number of hydroxylamine groups is 1. The van der Waals surface area contributed by atoms with E-state index < -0.39 is 35.5 Å². The number of aromatic amines is 1. The maximum absolute atomic E-state index is 13.8. The van der Waals surface area contributed by atoms with E-state index in [1.807, 2.05) is 30.5 Å². The minimum atomic E-state index is -1.11. The summed E-state index contributed by atoms with van der Waals surface area (Å²) in [6.07, 6.45) is 3.84. The number of hydrogen-bond donors (Lipinski definition) is 3. The van der Waals surface area contributed by atoms with E-state index in [9.17, 15) is 18.4 Å². The van der Waals surface area contributed by atoms with Crippen LogP contribution in [0.5, 0.6) is 0 Å². The summed E-state index contributed by atoms with van der Waals surface area (Å²) in [5, 5.41) is 18.6. The third kappa shape index (κ3) is 5.06. The van der Waals surface area contributed by atoms with Crippen LogP contribution in [0.3, 0.4) is 0 Å². The Hall–Kier alpha value is -4.16. The topological polar surface area (TPSA) is 125 Å². The van der Waals surface area contributed by atoms with Gasteiger partial charge in [0.25, 0.3) is 5.91 Å². The van der Waals surface area contributed by atoms with Crippen LogP contribution in [-0.2, 0) is 16.0 Å². The van der Waals surface area contributed by atoms with Crippen molar-refractivity contribution in [2.45, 2.75) is 24.9 Å². The summed E-state index contributed by atoms with van der Waals surface area (Å²) >= 11 is 0. The highest BCUT2D eigenvalue weighted by molar-refractivity contribution is 5.94. The number of nitrogens with zero attached hydrogens (tertiary/aromatic N) is 4. The maximum Gasteiger partial charge on any atom is 0.254 e. The van der Waals surface area contributed by atoms with Crippen LogP contribution in [-0.4, -0.2) is 61.7 Å². The van der Waals surface area contributed by atoms with Crippen LogP contribution in [0.1, 0.15) is 40.1 Å². The number of fused-ring (bicyclic) bond motifs is 1. The fourth-order valence-electron chi connectivity index (χ4n) is 4.58. The third-order valence-electron chi connectivity index (χ3n) is 6.48. The van der Waals surface area contributed by atoms with Gasteiger partial charge in [0.2, 0.25) is 5.91 Å². The third-order valence-corrected chi connectivity index (χ3v) is 6.48. The molecule has 37 heavy (non-hydrogen) atoms. The number of H-pyrrole nitrogens is 1. The molecule has 12 heteroatoms. The first-order chi connectivity index (χ1) is 17.9. The Morgan fingerprint density at radius 2 is 2.05 bits per heavy atom. The van der Waals surface area contributed by atoms with E-state index in [0.717, 1.165) is 28.6 Å². The number of nitrogens with one attached hydrogen (secondary N) is 2. The van der Waals surface area contributed by atoms with Crippen LogP contribution in [0.4, 0.5) is 8.78 Å². The summed E-state index contributed by atoms with van der Waals surface area (Å²) in [6.45, 7) is 0.638. The second kappa shape index (κ2) is 10.4. The first-order valence-corrected chi connectivity index (χ1v) is 11.7. The van der Waals surface area contributed by atoms with Crippen LogP contribution in [0.25, 0.3) is 10.9 Å². The highest BCUT2D eigenvalue weighted by atomic mass is 19.2. The molecule has 2 aromatic carbocycles. The van der Waals surface area contributed by atoms with Crippen molar-refractivity contribution >= 4 is 22.7 Å². The molecule has 2 atom stereocenters. The van der Waals surface area contributed by atoms with Gasteiger partial charge in [0.05, 0.1) is 31.9 Å². The van der Waals surface area contributed by atoms with Gasteiger partial charge in [0.15, 0.2) is 11.6 Å². The number of hydrogen-bond acceptors (Lipinski definition) is 6. The molecule has 3 heterocycles. The van der Waals surface area contributed by atoms with Gasteiger partial charge >= 0.3 is 0 Å². The van der Waals surface area contributed by atoms with Gasteiger partial charge < -0.3 is 14.6 Å². The largest absolute Gasteiger partial charge is 0.377 e. The van der Waals surface area contributed by atoms with Gasteiger partial charge in [-0.3, -0.25) is 14.8 Å². The smallest absolute Gasteiger partial charge is 0.254 e. The van der Waals surface area contributed by atoms with Crippen molar-refractivity contribution in [3.63, 3.8) is 0 Å². The van der Waals surface area contributed by atoms with Crippen molar-refractivity contribution < 1.29 is 28.3 Å². The second-order valence-corrected chi connectivity index (χ2v) is 8.80. The Bertz CT molecular complexity index is 1440. The number of morpholine rings is 1. The molecule has 1 aliphatic heterocycles. The lowest BCUT2D eigenvalue weighted by molar-refractivity contribution is -0.130. The van der Waals surface area contributed by atoms with Crippen LogP contribution < -0.4 is 5.48 Å². The van der Waals surface area contributed by atoms with Gasteiger partial charge in [-0.1, -0.05) is 23.4 Å². The van der Waals surface area contributed by atoms with Gasteiger partial charge in [-0.15, -0.1) is 5.10 Å². The number of para-hydroxylation sites is 1. The molecule has 5 rings (SSSR count). The number of amides is 2. The Kier molecular flexibility index (Phi) is 6.93. The van der Waals surface area contributed by atoms with E-state index in [1.54, 1.807) is 11.7 Å². The number of rotatable bonds is 7. The minimum Gasteiger partial charge on any atom is -0.377 e. The van der Waals surface area contributed by atoms with Gasteiger partial charge in [-0.05, 0) is 36.2 Å². The molecular weight excluding hydrogens is 486 g/mol. The number of carbonyl (C=O) groups excluding carboxylic acids is 2. The van der Waals surface area contributed by atoms with Crippen LogP contribution in [0.2, 0.25) is 0 Å². The van der Waals surface area contributed by atoms with E-state index >= 15 is 0 Å². The molecule has 0 radical (unpaired) electrons. The predicted molar refractivity (Wildman–Crippen MR) is 127 cm³/mol. The summed E-state index contributed by atoms with van der Waals surface area (Å²) < 4.78 is 34.2. The number of ether oxygens (including phenoxy) is 1. The Balaban J connectivity index is 1.42. The average Bonchev–Trinajstić information content (AvgIpc) is 3.57. The zero-order valence-corrected chi connectivity index (χ0v) is 19.6. The molecular formula is C25H24F2N6O4. The van der Waals surface area contributed by atoms with Crippen LogP contribution in [0, 0.1) is 11.6 Å². The van der Waals surface area contributed by atoms with E-state index in [1.165, 1.54) is 15.6 Å². The second-order valence-electron chi connectivity index (χ2n) is 8.80. The zero-order valence-electron chi connectivity index (χ0n) is 19.6. The molecule has 0 aliphatic carbocycles. The standard InChI is InChI=1S/C25H24F2N6O4/c26-19-6-5-15(10-20(19)27)25(35)32-7-8-37-14-23(32)22-13-33(31-29-22)17(11-24(34)30-36)9-16-12-28-21-4-2-1-3-18(16)21/h1-6,10,12-13,17,23,28,36H,7-9,11,14H2,(H,30,34)/t17-,23?/m1/s1. The van der Waals surface area contributed by atoms with Crippen LogP contribution in [0.15, 0.2) is 54.9 Å². The fourth-order valence-corrected chi connectivity index (χ4v) is 4.58. The first kappa shape index (κ1) is 24.5. The van der Waals surface area contributed by atoms with Gasteiger partial charge in [-0.25, -0.2) is 18.9 Å². The van der Waals surface area contributed by atoms with E-state index in [0.29, 0.717) is 12.1 Å². The molecule has 1 unspecified atom stereocenters. The quantitative estimate of drug-likeness (QED) is 0.259. The SMILES string of the molecule is O=C(C[C@@H](Cc1c[nH]c2ccccc12)n1cc(C2COCCN2C(=O)c2ccc(F)c(F)c2)nn1)NO. The van der Waals surface area contributed by atoms with E-state index in [2.05, 4.69) is 15.3 Å². The lowest BCUT2D eigenvalue weighted by Gasteiger charge is -2.34. The first-order valence-electron chi connectivity index (χ1n) is 11.7. The van der Waals surface area contributed by atoms with Gasteiger partial charge in [-0.2, -0.15) is 0 Å². The van der Waals surface area contributed by atoms with Crippen molar-refractivity contribution in [2.24, 2.45) is 0 Å². The van der Waals surface area contributed by atoms with Gasteiger partial charge in [0.1, 0.15) is 11.7 Å². The molecule has 2 aromatic heterocycles. The molecule has 0 bridgehead atoms. The normalized spacial score (nSPS) is 16.6. The van der Waals surface area contributed by atoms with Crippen molar-refractivity contribution in [1.29, 1.82) is 0 Å². The van der Waals surface area contributed by atoms with E-state index in [4.69, 9.17) is 9.94 Å². The highest BCUT2D eigenvalue weighted by Crippen LogP contribution is 2.28. The Labute approximate surface area is 209 Å². The molecule has 0 saturated carbocycles. The number of carbonyl (C=O) groups is 2. The molecule has 1 fully saturated rings. The summed E-state index contributed by atoms with van der Waals surface area (Å²) in [6, 6.07) is 9.65. The highest BCUT2D eigenvalue weighted by Gasteiger charge is 2.32. The Morgan fingerprint density at radius 1 is 1.22 bits per heavy atom. The molecule has 0 spiro atoms.